The average Bonchev–Trinajstić information content (AvgIpc) is 2.85. The lowest BCUT2D eigenvalue weighted by Gasteiger charge is -1.94. The molecule has 0 amide bonds. The maximum Gasteiger partial charge on any atom is 0.263 e. The van der Waals surface area contributed by atoms with Gasteiger partial charge in [-0.15, -0.1) is 0 Å². The zero-order valence-electron chi connectivity index (χ0n) is 9.17. The third kappa shape index (κ3) is 1.89. The predicted molar refractivity (Wildman–Crippen MR) is 56.2 cm³/mol. The molecule has 0 spiro atoms. The van der Waals surface area contributed by atoms with Crippen LogP contribution in [0.4, 0.5) is 5.82 Å². The second-order valence-corrected chi connectivity index (χ2v) is 3.22. The van der Waals surface area contributed by atoms with Crippen molar-refractivity contribution in [1.29, 1.82) is 0 Å². The highest BCUT2D eigenvalue weighted by atomic mass is 16.5. The van der Waals surface area contributed by atoms with Gasteiger partial charge in [-0.3, -0.25) is 4.68 Å². The van der Waals surface area contributed by atoms with Gasteiger partial charge in [0.1, 0.15) is 18.0 Å². The first-order valence-electron chi connectivity index (χ1n) is 4.90. The Bertz CT molecular complexity index is 476. The number of hydrogen-bond donors (Lipinski definition) is 1. The highest BCUT2D eigenvalue weighted by Crippen LogP contribution is 2.22. The van der Waals surface area contributed by atoms with Crippen LogP contribution < -0.4 is 5.73 Å². The summed E-state index contributed by atoms with van der Waals surface area (Å²) < 4.78 is 11.8. The fourth-order valence-corrected chi connectivity index (χ4v) is 1.23. The second kappa shape index (κ2) is 4.31. The summed E-state index contributed by atoms with van der Waals surface area (Å²) in [6, 6.07) is 0. The first-order chi connectivity index (χ1) is 7.72. The summed E-state index contributed by atoms with van der Waals surface area (Å²) in [6.45, 7) is 2.85. The molecule has 2 heterocycles. The van der Waals surface area contributed by atoms with Gasteiger partial charge in [0.15, 0.2) is 5.82 Å². The van der Waals surface area contributed by atoms with Gasteiger partial charge in [-0.25, -0.2) is 0 Å². The van der Waals surface area contributed by atoms with Crippen molar-refractivity contribution in [3.05, 3.63) is 12.0 Å². The van der Waals surface area contributed by atoms with Gasteiger partial charge in [0.2, 0.25) is 0 Å². The topological polar surface area (TPSA) is 92.0 Å². The van der Waals surface area contributed by atoms with E-state index in [-0.39, 0.29) is 0 Å². The molecule has 0 aromatic carbocycles. The molecule has 2 N–H and O–H groups in total. The number of nitrogen functional groups attached to an aromatic ring is 1. The molecule has 0 saturated heterocycles. The quantitative estimate of drug-likeness (QED) is 0.815. The minimum absolute atomic E-state index is 0.333. The zero-order valence-corrected chi connectivity index (χ0v) is 9.17. The van der Waals surface area contributed by atoms with E-state index in [0.29, 0.717) is 36.3 Å². The standard InChI is InChI=1S/C9H13N5O2/c1-3-15-5-7-12-9(16-13-7)6-4-11-14(2)8(6)10/h4H,3,5,10H2,1-2H3. The molecule has 16 heavy (non-hydrogen) atoms. The SMILES string of the molecule is CCOCc1noc(-c2cnn(C)c2N)n1. The molecule has 0 bridgehead atoms. The minimum Gasteiger partial charge on any atom is -0.383 e. The summed E-state index contributed by atoms with van der Waals surface area (Å²) in [6.07, 6.45) is 1.59. The van der Waals surface area contributed by atoms with E-state index < -0.39 is 0 Å². The number of ether oxygens (including phenoxy) is 1. The average molecular weight is 223 g/mol. The normalized spacial score (nSPS) is 10.9. The van der Waals surface area contributed by atoms with Crippen LogP contribution >= 0.6 is 0 Å². The first kappa shape index (κ1) is 10.6. The van der Waals surface area contributed by atoms with Crippen LogP contribution in [0, 0.1) is 0 Å². The molecule has 7 heteroatoms. The van der Waals surface area contributed by atoms with E-state index >= 15 is 0 Å². The molecule has 2 rings (SSSR count). The molecule has 0 unspecified atom stereocenters. The van der Waals surface area contributed by atoms with E-state index in [0.717, 1.165) is 0 Å². The third-order valence-corrected chi connectivity index (χ3v) is 2.12. The molecule has 0 fully saturated rings. The number of anilines is 1. The summed E-state index contributed by atoms with van der Waals surface area (Å²) in [5, 5.41) is 7.77. The van der Waals surface area contributed by atoms with Crippen molar-refractivity contribution >= 4 is 5.82 Å². The first-order valence-corrected chi connectivity index (χ1v) is 4.90. The van der Waals surface area contributed by atoms with Crippen LogP contribution in [-0.4, -0.2) is 26.5 Å². The maximum atomic E-state index is 5.79. The smallest absolute Gasteiger partial charge is 0.263 e. The van der Waals surface area contributed by atoms with Gasteiger partial charge in [0, 0.05) is 13.7 Å². The Hall–Kier alpha value is -1.89. The number of nitrogens with zero attached hydrogens (tertiary/aromatic N) is 4. The van der Waals surface area contributed by atoms with E-state index in [1.54, 1.807) is 17.9 Å². The lowest BCUT2D eigenvalue weighted by atomic mass is 10.3. The van der Waals surface area contributed by atoms with Crippen molar-refractivity contribution in [1.82, 2.24) is 19.9 Å². The van der Waals surface area contributed by atoms with E-state index in [1.807, 2.05) is 6.92 Å². The van der Waals surface area contributed by atoms with Gasteiger partial charge < -0.3 is 15.0 Å². The van der Waals surface area contributed by atoms with Gasteiger partial charge in [-0.05, 0) is 6.92 Å². The Morgan fingerprint density at radius 2 is 2.38 bits per heavy atom. The molecule has 0 saturated carbocycles. The maximum absolute atomic E-state index is 5.79. The Labute approximate surface area is 92.2 Å². The number of hydrogen-bond acceptors (Lipinski definition) is 6. The van der Waals surface area contributed by atoms with Gasteiger partial charge in [0.05, 0.1) is 6.20 Å². The molecule has 0 aliphatic heterocycles. The molecule has 0 atom stereocenters. The highest BCUT2D eigenvalue weighted by molar-refractivity contribution is 5.66. The van der Waals surface area contributed by atoms with Crippen LogP contribution in [0.2, 0.25) is 0 Å². The van der Waals surface area contributed by atoms with Crippen LogP contribution in [0.1, 0.15) is 12.7 Å². The van der Waals surface area contributed by atoms with Crippen molar-refractivity contribution in [2.24, 2.45) is 7.05 Å². The zero-order chi connectivity index (χ0) is 11.5. The van der Waals surface area contributed by atoms with Gasteiger partial charge >= 0.3 is 0 Å². The monoisotopic (exact) mass is 223 g/mol. The van der Waals surface area contributed by atoms with Crippen molar-refractivity contribution < 1.29 is 9.26 Å². The number of aryl methyl sites for hydroxylation is 1. The van der Waals surface area contributed by atoms with Crippen LogP contribution in [0.3, 0.4) is 0 Å². The summed E-state index contributed by atoms with van der Waals surface area (Å²) in [7, 11) is 1.75. The summed E-state index contributed by atoms with van der Waals surface area (Å²) in [4.78, 5) is 4.16. The summed E-state index contributed by atoms with van der Waals surface area (Å²) in [5.74, 6) is 1.35. The molecule has 0 aliphatic carbocycles. The van der Waals surface area contributed by atoms with Crippen LogP contribution in [0.5, 0.6) is 0 Å². The molecule has 0 radical (unpaired) electrons. The molecule has 7 nitrogen and oxygen atoms in total. The van der Waals surface area contributed by atoms with Crippen LogP contribution in [-0.2, 0) is 18.4 Å². The van der Waals surface area contributed by atoms with Crippen molar-refractivity contribution in [3.8, 4) is 11.5 Å². The molecular weight excluding hydrogens is 210 g/mol. The molecule has 0 aliphatic rings. The minimum atomic E-state index is 0.333. The molecular formula is C9H13N5O2. The lowest BCUT2D eigenvalue weighted by molar-refractivity contribution is 0.126. The van der Waals surface area contributed by atoms with E-state index in [9.17, 15) is 0 Å². The molecule has 2 aromatic rings. The van der Waals surface area contributed by atoms with E-state index in [2.05, 4.69) is 15.2 Å². The number of aromatic nitrogens is 4. The van der Waals surface area contributed by atoms with Crippen molar-refractivity contribution in [2.75, 3.05) is 12.3 Å². The number of rotatable bonds is 4. The predicted octanol–water partition coefficient (Wildman–Crippen LogP) is 0.589. The van der Waals surface area contributed by atoms with Crippen molar-refractivity contribution in [3.63, 3.8) is 0 Å². The Balaban J connectivity index is 2.21. The van der Waals surface area contributed by atoms with Crippen molar-refractivity contribution in [2.45, 2.75) is 13.5 Å². The fraction of sp³-hybridized carbons (Fsp3) is 0.444. The molecule has 86 valence electrons. The van der Waals surface area contributed by atoms with Crippen LogP contribution in [0.15, 0.2) is 10.7 Å². The Morgan fingerprint density at radius 3 is 3.00 bits per heavy atom. The van der Waals surface area contributed by atoms with Gasteiger partial charge in [-0.1, -0.05) is 5.16 Å². The Morgan fingerprint density at radius 1 is 1.56 bits per heavy atom. The van der Waals surface area contributed by atoms with Crippen LogP contribution in [0.25, 0.3) is 11.5 Å². The Kier molecular flexibility index (Phi) is 2.86. The van der Waals surface area contributed by atoms with E-state index in [1.165, 1.54) is 0 Å². The fourth-order valence-electron chi connectivity index (χ4n) is 1.23. The third-order valence-electron chi connectivity index (χ3n) is 2.12. The lowest BCUT2D eigenvalue weighted by Crippen LogP contribution is -1.98. The van der Waals surface area contributed by atoms with E-state index in [4.69, 9.17) is 15.0 Å². The van der Waals surface area contributed by atoms with Gasteiger partial charge in [0.25, 0.3) is 5.89 Å². The summed E-state index contributed by atoms with van der Waals surface area (Å²) in [5.41, 5.74) is 6.42. The highest BCUT2D eigenvalue weighted by Gasteiger charge is 2.14. The summed E-state index contributed by atoms with van der Waals surface area (Å²) >= 11 is 0. The largest absolute Gasteiger partial charge is 0.383 e. The second-order valence-electron chi connectivity index (χ2n) is 3.22. The number of nitrogens with two attached hydrogens (primary N) is 1. The van der Waals surface area contributed by atoms with Gasteiger partial charge in [-0.2, -0.15) is 10.1 Å². The molecule has 2 aromatic heterocycles.